The SMILES string of the molecule is CC(O)c1ccc(OC[C@@H]2C[C@H](Cl)C[C@H]2O)cc1. The van der Waals surface area contributed by atoms with Gasteiger partial charge in [-0.15, -0.1) is 11.6 Å². The average Bonchev–Trinajstić information content (AvgIpc) is 2.66. The number of benzene rings is 1. The van der Waals surface area contributed by atoms with Gasteiger partial charge in [-0.2, -0.15) is 0 Å². The molecule has 1 aromatic carbocycles. The summed E-state index contributed by atoms with van der Waals surface area (Å²) in [6, 6.07) is 7.36. The van der Waals surface area contributed by atoms with E-state index in [0.29, 0.717) is 13.0 Å². The molecule has 18 heavy (non-hydrogen) atoms. The molecular weight excluding hydrogens is 252 g/mol. The first-order chi connectivity index (χ1) is 8.56. The molecule has 1 fully saturated rings. The first-order valence-electron chi connectivity index (χ1n) is 6.29. The van der Waals surface area contributed by atoms with Gasteiger partial charge in [-0.05, 0) is 37.5 Å². The van der Waals surface area contributed by atoms with Crippen LogP contribution in [-0.4, -0.2) is 28.3 Å². The van der Waals surface area contributed by atoms with Crippen molar-refractivity contribution in [2.75, 3.05) is 6.61 Å². The quantitative estimate of drug-likeness (QED) is 0.827. The largest absolute Gasteiger partial charge is 0.493 e. The van der Waals surface area contributed by atoms with E-state index in [1.54, 1.807) is 6.92 Å². The first-order valence-corrected chi connectivity index (χ1v) is 6.73. The number of hydrogen-bond donors (Lipinski definition) is 2. The summed E-state index contributed by atoms with van der Waals surface area (Å²) in [5.74, 6) is 0.869. The summed E-state index contributed by atoms with van der Waals surface area (Å²) in [7, 11) is 0. The van der Waals surface area contributed by atoms with Crippen LogP contribution in [-0.2, 0) is 0 Å². The van der Waals surface area contributed by atoms with Gasteiger partial charge in [0.15, 0.2) is 0 Å². The van der Waals surface area contributed by atoms with Crippen LogP contribution in [0.3, 0.4) is 0 Å². The molecule has 4 atom stereocenters. The van der Waals surface area contributed by atoms with Gasteiger partial charge in [0.1, 0.15) is 5.75 Å². The maximum atomic E-state index is 9.76. The van der Waals surface area contributed by atoms with Crippen molar-refractivity contribution in [1.82, 2.24) is 0 Å². The summed E-state index contributed by atoms with van der Waals surface area (Å²) in [5, 5.41) is 19.2. The molecular formula is C14H19ClO3. The lowest BCUT2D eigenvalue weighted by Gasteiger charge is -2.15. The molecule has 0 spiro atoms. The average molecular weight is 271 g/mol. The molecule has 0 aromatic heterocycles. The summed E-state index contributed by atoms with van der Waals surface area (Å²) in [4.78, 5) is 0. The van der Waals surface area contributed by atoms with E-state index in [4.69, 9.17) is 16.3 Å². The molecule has 0 amide bonds. The van der Waals surface area contributed by atoms with E-state index in [0.717, 1.165) is 17.7 Å². The molecule has 100 valence electrons. The third-order valence-electron chi connectivity index (χ3n) is 3.43. The summed E-state index contributed by atoms with van der Waals surface area (Å²) in [6.07, 6.45) is 0.627. The zero-order chi connectivity index (χ0) is 13.1. The number of halogens is 1. The van der Waals surface area contributed by atoms with Crippen molar-refractivity contribution >= 4 is 11.6 Å². The monoisotopic (exact) mass is 270 g/mol. The minimum Gasteiger partial charge on any atom is -0.493 e. The van der Waals surface area contributed by atoms with Gasteiger partial charge in [-0.3, -0.25) is 0 Å². The molecule has 0 radical (unpaired) electrons. The number of ether oxygens (including phenoxy) is 1. The minimum absolute atomic E-state index is 0.0613. The highest BCUT2D eigenvalue weighted by molar-refractivity contribution is 6.20. The van der Waals surface area contributed by atoms with Crippen LogP contribution < -0.4 is 4.74 Å². The fraction of sp³-hybridized carbons (Fsp3) is 0.571. The molecule has 2 rings (SSSR count). The molecule has 0 heterocycles. The Kier molecular flexibility index (Phi) is 4.49. The number of aliphatic hydroxyl groups is 2. The van der Waals surface area contributed by atoms with Crippen molar-refractivity contribution in [3.63, 3.8) is 0 Å². The molecule has 1 unspecified atom stereocenters. The van der Waals surface area contributed by atoms with Crippen molar-refractivity contribution < 1.29 is 14.9 Å². The summed E-state index contributed by atoms with van der Waals surface area (Å²) >= 11 is 6.00. The van der Waals surface area contributed by atoms with Gasteiger partial charge >= 0.3 is 0 Å². The fourth-order valence-corrected chi connectivity index (χ4v) is 2.67. The molecule has 1 saturated carbocycles. The third-order valence-corrected chi connectivity index (χ3v) is 3.78. The zero-order valence-electron chi connectivity index (χ0n) is 10.4. The highest BCUT2D eigenvalue weighted by atomic mass is 35.5. The molecule has 4 heteroatoms. The van der Waals surface area contributed by atoms with Gasteiger partial charge in [0.2, 0.25) is 0 Å². The molecule has 3 nitrogen and oxygen atoms in total. The van der Waals surface area contributed by atoms with E-state index >= 15 is 0 Å². The zero-order valence-corrected chi connectivity index (χ0v) is 11.2. The van der Waals surface area contributed by atoms with Crippen LogP contribution >= 0.6 is 11.6 Å². The molecule has 0 aliphatic heterocycles. The van der Waals surface area contributed by atoms with E-state index in [9.17, 15) is 10.2 Å². The van der Waals surface area contributed by atoms with Gasteiger partial charge in [-0.25, -0.2) is 0 Å². The Labute approximate surface area is 112 Å². The van der Waals surface area contributed by atoms with Crippen LogP contribution in [0.1, 0.15) is 31.4 Å². The van der Waals surface area contributed by atoms with Crippen molar-refractivity contribution in [1.29, 1.82) is 0 Å². The maximum Gasteiger partial charge on any atom is 0.119 e. The number of hydrogen-bond acceptors (Lipinski definition) is 3. The minimum atomic E-state index is -0.465. The molecule has 1 aliphatic carbocycles. The Hall–Kier alpha value is -0.770. The maximum absolute atomic E-state index is 9.76. The molecule has 2 N–H and O–H groups in total. The van der Waals surface area contributed by atoms with Crippen LogP contribution in [0.5, 0.6) is 5.75 Å². The van der Waals surface area contributed by atoms with Crippen LogP contribution in [0.2, 0.25) is 0 Å². The summed E-state index contributed by atoms with van der Waals surface area (Å²) in [5.41, 5.74) is 0.865. The predicted octanol–water partition coefficient (Wildman–Crippen LogP) is 2.50. The van der Waals surface area contributed by atoms with Crippen molar-refractivity contribution in [2.24, 2.45) is 5.92 Å². The van der Waals surface area contributed by atoms with Gasteiger partial charge in [0, 0.05) is 11.3 Å². The molecule has 0 bridgehead atoms. The highest BCUT2D eigenvalue weighted by Crippen LogP contribution is 2.30. The van der Waals surface area contributed by atoms with E-state index in [2.05, 4.69) is 0 Å². The first kappa shape index (κ1) is 13.7. The Balaban J connectivity index is 1.86. The molecule has 0 saturated heterocycles. The lowest BCUT2D eigenvalue weighted by Crippen LogP contribution is -2.20. The second-order valence-corrected chi connectivity index (χ2v) is 5.57. The van der Waals surface area contributed by atoms with E-state index < -0.39 is 6.10 Å². The number of rotatable bonds is 4. The summed E-state index contributed by atoms with van der Waals surface area (Å²) in [6.45, 7) is 2.21. The van der Waals surface area contributed by atoms with Crippen molar-refractivity contribution in [3.8, 4) is 5.75 Å². The smallest absolute Gasteiger partial charge is 0.119 e. The standard InChI is InChI=1S/C14H19ClO3/c1-9(16)10-2-4-13(5-3-10)18-8-11-6-12(15)7-14(11)17/h2-5,9,11-12,14,16-17H,6-8H2,1H3/t9?,11-,12-,14+/m0/s1. The van der Waals surface area contributed by atoms with Gasteiger partial charge in [-0.1, -0.05) is 12.1 Å². The molecule has 1 aliphatic rings. The highest BCUT2D eigenvalue weighted by Gasteiger charge is 2.32. The lowest BCUT2D eigenvalue weighted by molar-refractivity contribution is 0.0986. The summed E-state index contributed by atoms with van der Waals surface area (Å²) < 4.78 is 5.64. The Morgan fingerprint density at radius 3 is 2.50 bits per heavy atom. The topological polar surface area (TPSA) is 49.7 Å². The second-order valence-electron chi connectivity index (χ2n) is 4.95. The van der Waals surface area contributed by atoms with Gasteiger partial charge in [0.25, 0.3) is 0 Å². The lowest BCUT2D eigenvalue weighted by atomic mass is 10.1. The third kappa shape index (κ3) is 3.37. The van der Waals surface area contributed by atoms with Crippen LogP contribution in [0, 0.1) is 5.92 Å². The van der Waals surface area contributed by atoms with Gasteiger partial charge in [0.05, 0.1) is 18.8 Å². The second kappa shape index (κ2) is 5.91. The molecule has 1 aromatic rings. The normalized spacial score (nSPS) is 29.2. The van der Waals surface area contributed by atoms with Crippen LogP contribution in [0.15, 0.2) is 24.3 Å². The Morgan fingerprint density at radius 1 is 1.33 bits per heavy atom. The Bertz CT molecular complexity index is 377. The van der Waals surface area contributed by atoms with Crippen LogP contribution in [0.4, 0.5) is 0 Å². The Morgan fingerprint density at radius 2 is 2.00 bits per heavy atom. The fourth-order valence-electron chi connectivity index (χ4n) is 2.26. The van der Waals surface area contributed by atoms with Gasteiger partial charge < -0.3 is 14.9 Å². The number of alkyl halides is 1. The predicted molar refractivity (Wildman–Crippen MR) is 70.9 cm³/mol. The van der Waals surface area contributed by atoms with E-state index in [1.807, 2.05) is 24.3 Å². The van der Waals surface area contributed by atoms with Crippen LogP contribution in [0.25, 0.3) is 0 Å². The van der Waals surface area contributed by atoms with E-state index in [1.165, 1.54) is 0 Å². The van der Waals surface area contributed by atoms with E-state index in [-0.39, 0.29) is 17.4 Å². The van der Waals surface area contributed by atoms with Crippen molar-refractivity contribution in [2.45, 2.75) is 37.4 Å². The van der Waals surface area contributed by atoms with Crippen molar-refractivity contribution in [3.05, 3.63) is 29.8 Å². The number of aliphatic hydroxyl groups excluding tert-OH is 2.